The molecule has 2 aromatic carbocycles. The highest BCUT2D eigenvalue weighted by molar-refractivity contribution is 6.30. The number of nitrogens with two attached hydrogens (primary N) is 1. The molecule has 112 valence electrons. The first-order valence-electron chi connectivity index (χ1n) is 6.23. The van der Waals surface area contributed by atoms with Crippen LogP contribution in [0.5, 0.6) is 11.5 Å². The molecule has 0 aliphatic carbocycles. The highest BCUT2D eigenvalue weighted by atomic mass is 35.5. The van der Waals surface area contributed by atoms with E-state index in [-0.39, 0.29) is 16.8 Å². The summed E-state index contributed by atoms with van der Waals surface area (Å²) >= 11 is 5.52. The summed E-state index contributed by atoms with van der Waals surface area (Å²) in [5.41, 5.74) is 6.01. The Hall–Kier alpha value is -1.72. The number of halogens is 4. The molecule has 0 bridgehead atoms. The second-order valence-electron chi connectivity index (χ2n) is 4.75. The van der Waals surface area contributed by atoms with Gasteiger partial charge in [-0.3, -0.25) is 0 Å². The third-order valence-electron chi connectivity index (χ3n) is 2.73. The van der Waals surface area contributed by atoms with Crippen molar-refractivity contribution in [2.24, 2.45) is 5.73 Å². The number of rotatable bonds is 4. The fraction of sp³-hybridized carbons (Fsp3) is 0.200. The van der Waals surface area contributed by atoms with Gasteiger partial charge in [0.2, 0.25) is 0 Å². The summed E-state index contributed by atoms with van der Waals surface area (Å²) in [6, 6.07) is 5.59. The molecule has 0 aromatic heterocycles. The van der Waals surface area contributed by atoms with E-state index in [1.807, 2.05) is 0 Å². The topological polar surface area (TPSA) is 35.2 Å². The minimum atomic E-state index is -0.874. The van der Waals surface area contributed by atoms with E-state index in [4.69, 9.17) is 22.1 Å². The predicted molar refractivity (Wildman–Crippen MR) is 75.2 cm³/mol. The highest BCUT2D eigenvalue weighted by Gasteiger charge is 2.15. The Balaban J connectivity index is 2.29. The zero-order valence-electron chi connectivity index (χ0n) is 11.2. The molecule has 0 aliphatic heterocycles. The number of hydrogen-bond acceptors (Lipinski definition) is 2. The van der Waals surface area contributed by atoms with Crippen molar-refractivity contribution in [3.63, 3.8) is 0 Å². The summed E-state index contributed by atoms with van der Waals surface area (Å²) in [6.45, 7) is 1.73. The highest BCUT2D eigenvalue weighted by Crippen LogP contribution is 2.30. The van der Waals surface area contributed by atoms with Gasteiger partial charge < -0.3 is 10.5 Å². The molecule has 1 unspecified atom stereocenters. The Morgan fingerprint density at radius 2 is 1.71 bits per heavy atom. The summed E-state index contributed by atoms with van der Waals surface area (Å²) < 4.78 is 46.1. The van der Waals surface area contributed by atoms with Crippen molar-refractivity contribution in [2.45, 2.75) is 19.4 Å². The SMILES string of the molecule is CC(N)Cc1cc(F)c(Oc2ccc(Cl)c(F)c2)c(F)c1. The maximum Gasteiger partial charge on any atom is 0.198 e. The second kappa shape index (κ2) is 6.37. The fourth-order valence-electron chi connectivity index (χ4n) is 1.86. The largest absolute Gasteiger partial charge is 0.451 e. The molecular formula is C15H13ClF3NO. The normalized spacial score (nSPS) is 12.3. The molecule has 0 fully saturated rings. The van der Waals surface area contributed by atoms with E-state index in [1.165, 1.54) is 12.1 Å². The average molecular weight is 316 g/mol. The van der Waals surface area contributed by atoms with Gasteiger partial charge >= 0.3 is 0 Å². The Bertz CT molecular complexity index is 638. The van der Waals surface area contributed by atoms with Gasteiger partial charge in [-0.2, -0.15) is 0 Å². The van der Waals surface area contributed by atoms with E-state index in [9.17, 15) is 13.2 Å². The van der Waals surface area contributed by atoms with Crippen molar-refractivity contribution in [2.75, 3.05) is 0 Å². The summed E-state index contributed by atoms with van der Waals surface area (Å²) in [6.07, 6.45) is 0.337. The van der Waals surface area contributed by atoms with Gasteiger partial charge in [0.05, 0.1) is 5.02 Å². The summed E-state index contributed by atoms with van der Waals surface area (Å²) in [4.78, 5) is 0. The van der Waals surface area contributed by atoms with E-state index in [0.717, 1.165) is 18.2 Å². The molecular weight excluding hydrogens is 303 g/mol. The first-order chi connectivity index (χ1) is 9.86. The van der Waals surface area contributed by atoms with Crippen LogP contribution in [-0.2, 0) is 6.42 Å². The van der Waals surface area contributed by atoms with Gasteiger partial charge in [-0.15, -0.1) is 0 Å². The Morgan fingerprint density at radius 3 is 2.24 bits per heavy atom. The molecule has 0 saturated carbocycles. The second-order valence-corrected chi connectivity index (χ2v) is 5.16. The smallest absolute Gasteiger partial charge is 0.198 e. The minimum Gasteiger partial charge on any atom is -0.451 e. The Morgan fingerprint density at radius 1 is 1.10 bits per heavy atom. The zero-order valence-corrected chi connectivity index (χ0v) is 11.9. The lowest BCUT2D eigenvalue weighted by molar-refractivity contribution is 0.404. The molecule has 2 aromatic rings. The van der Waals surface area contributed by atoms with Crippen molar-refractivity contribution in [3.8, 4) is 11.5 Å². The van der Waals surface area contributed by atoms with Crippen LogP contribution in [0.3, 0.4) is 0 Å². The summed E-state index contributed by atoms with van der Waals surface area (Å²) in [5, 5.41) is -0.101. The number of hydrogen-bond donors (Lipinski definition) is 1. The van der Waals surface area contributed by atoms with Crippen LogP contribution in [0.2, 0.25) is 5.02 Å². The van der Waals surface area contributed by atoms with Gasteiger partial charge in [-0.1, -0.05) is 11.6 Å². The molecule has 0 spiro atoms. The van der Waals surface area contributed by atoms with Crippen LogP contribution >= 0.6 is 11.6 Å². The van der Waals surface area contributed by atoms with E-state index >= 15 is 0 Å². The van der Waals surface area contributed by atoms with Gasteiger partial charge in [0, 0.05) is 12.1 Å². The van der Waals surface area contributed by atoms with Crippen LogP contribution < -0.4 is 10.5 Å². The molecule has 1 atom stereocenters. The third-order valence-corrected chi connectivity index (χ3v) is 3.03. The van der Waals surface area contributed by atoms with Crippen LogP contribution in [0, 0.1) is 17.5 Å². The molecule has 6 heteroatoms. The monoisotopic (exact) mass is 315 g/mol. The van der Waals surface area contributed by atoms with Crippen molar-refractivity contribution in [1.82, 2.24) is 0 Å². The maximum atomic E-state index is 13.9. The molecule has 2 nitrogen and oxygen atoms in total. The summed E-state index contributed by atoms with van der Waals surface area (Å²) in [7, 11) is 0. The Labute approximate surface area is 125 Å². The van der Waals surface area contributed by atoms with Gasteiger partial charge in [0.15, 0.2) is 17.4 Å². The van der Waals surface area contributed by atoms with Crippen molar-refractivity contribution in [3.05, 3.63) is 58.4 Å². The van der Waals surface area contributed by atoms with Crippen molar-refractivity contribution >= 4 is 11.6 Å². The van der Waals surface area contributed by atoms with Gasteiger partial charge in [-0.05, 0) is 43.2 Å². The van der Waals surface area contributed by atoms with Crippen LogP contribution in [-0.4, -0.2) is 6.04 Å². The molecule has 0 heterocycles. The van der Waals surface area contributed by atoms with Crippen LogP contribution in [0.1, 0.15) is 12.5 Å². The number of ether oxygens (including phenoxy) is 1. The lowest BCUT2D eigenvalue weighted by Crippen LogP contribution is -2.18. The predicted octanol–water partition coefficient (Wildman–Crippen LogP) is 4.44. The zero-order chi connectivity index (χ0) is 15.6. The fourth-order valence-corrected chi connectivity index (χ4v) is 1.98. The third kappa shape index (κ3) is 3.89. The van der Waals surface area contributed by atoms with Crippen molar-refractivity contribution < 1.29 is 17.9 Å². The minimum absolute atomic E-state index is 0.0466. The Kier molecular flexibility index (Phi) is 4.75. The summed E-state index contributed by atoms with van der Waals surface area (Å²) in [5.74, 6) is -3.12. The van der Waals surface area contributed by atoms with E-state index in [2.05, 4.69) is 0 Å². The standard InChI is InChI=1S/C15H13ClF3NO/c1-8(20)4-9-5-13(18)15(14(19)6-9)21-10-2-3-11(16)12(17)7-10/h2-3,5-8H,4,20H2,1H3. The molecule has 0 radical (unpaired) electrons. The first kappa shape index (κ1) is 15.7. The molecule has 2 N–H and O–H groups in total. The van der Waals surface area contributed by atoms with Gasteiger partial charge in [0.1, 0.15) is 11.6 Å². The van der Waals surface area contributed by atoms with Gasteiger partial charge in [0.25, 0.3) is 0 Å². The van der Waals surface area contributed by atoms with Gasteiger partial charge in [-0.25, -0.2) is 13.2 Å². The lowest BCUT2D eigenvalue weighted by Gasteiger charge is -2.11. The lowest BCUT2D eigenvalue weighted by atomic mass is 10.1. The van der Waals surface area contributed by atoms with Crippen LogP contribution in [0.25, 0.3) is 0 Å². The molecule has 0 amide bonds. The van der Waals surface area contributed by atoms with Crippen molar-refractivity contribution in [1.29, 1.82) is 0 Å². The van der Waals surface area contributed by atoms with Crippen LogP contribution in [0.15, 0.2) is 30.3 Å². The van der Waals surface area contributed by atoms with Crippen LogP contribution in [0.4, 0.5) is 13.2 Å². The first-order valence-corrected chi connectivity index (χ1v) is 6.61. The van der Waals surface area contributed by atoms with E-state index in [1.54, 1.807) is 6.92 Å². The number of benzene rings is 2. The maximum absolute atomic E-state index is 13.9. The molecule has 21 heavy (non-hydrogen) atoms. The molecule has 0 saturated heterocycles. The molecule has 0 aliphatic rings. The van der Waals surface area contributed by atoms with E-state index in [0.29, 0.717) is 12.0 Å². The average Bonchev–Trinajstić information content (AvgIpc) is 2.37. The van der Waals surface area contributed by atoms with E-state index < -0.39 is 23.2 Å². The quantitative estimate of drug-likeness (QED) is 0.905. The molecule has 2 rings (SSSR count).